The van der Waals surface area contributed by atoms with Crippen LogP contribution in [0.1, 0.15) is 30.7 Å². The Morgan fingerprint density at radius 2 is 2.16 bits per heavy atom. The highest BCUT2D eigenvalue weighted by atomic mass is 32.1. The van der Waals surface area contributed by atoms with Gasteiger partial charge in [-0.3, -0.25) is 4.79 Å². The first-order valence-electron chi connectivity index (χ1n) is 6.16. The van der Waals surface area contributed by atoms with Gasteiger partial charge in [0.25, 0.3) is 0 Å². The molecule has 3 nitrogen and oxygen atoms in total. The van der Waals surface area contributed by atoms with Crippen LogP contribution in [0.25, 0.3) is 10.6 Å². The van der Waals surface area contributed by atoms with Gasteiger partial charge < -0.3 is 5.32 Å². The first-order valence-corrected chi connectivity index (χ1v) is 7.86. The number of rotatable bonds is 3. The van der Waals surface area contributed by atoms with E-state index in [0.717, 1.165) is 20.5 Å². The first kappa shape index (κ1) is 14.2. The minimum atomic E-state index is -0.195. The van der Waals surface area contributed by atoms with Crippen LogP contribution in [-0.2, 0) is 11.2 Å². The second kappa shape index (κ2) is 5.43. The Balaban J connectivity index is 2.19. The van der Waals surface area contributed by atoms with Crippen LogP contribution < -0.4 is 5.32 Å². The molecule has 0 aromatic carbocycles. The summed E-state index contributed by atoms with van der Waals surface area (Å²) < 4.78 is 0. The van der Waals surface area contributed by atoms with Gasteiger partial charge in [-0.05, 0) is 39.1 Å². The fourth-order valence-electron chi connectivity index (χ4n) is 1.80. The fraction of sp³-hybridized carbons (Fsp3) is 0.429. The summed E-state index contributed by atoms with van der Waals surface area (Å²) in [5.74, 6) is 0.0500. The van der Waals surface area contributed by atoms with E-state index in [-0.39, 0.29) is 11.4 Å². The number of thiazole rings is 1. The normalized spacial score (nSPS) is 11.6. The Morgan fingerprint density at radius 1 is 1.42 bits per heavy atom. The quantitative estimate of drug-likeness (QED) is 0.939. The molecule has 0 fully saturated rings. The number of thiophene rings is 1. The molecule has 102 valence electrons. The Hall–Kier alpha value is -1.20. The Morgan fingerprint density at radius 3 is 2.74 bits per heavy atom. The molecule has 19 heavy (non-hydrogen) atoms. The number of aryl methyl sites for hydroxylation is 1. The van der Waals surface area contributed by atoms with Crippen LogP contribution >= 0.6 is 22.7 Å². The van der Waals surface area contributed by atoms with E-state index in [4.69, 9.17) is 0 Å². The van der Waals surface area contributed by atoms with Crippen LogP contribution in [0.2, 0.25) is 0 Å². The minimum Gasteiger partial charge on any atom is -0.351 e. The molecule has 2 aromatic rings. The lowest BCUT2D eigenvalue weighted by atomic mass is 10.1. The Labute approximate surface area is 121 Å². The standard InChI is InChI=1S/C14H18N2OS2/c1-9-15-13(10-6-5-7-18-10)11(19-9)8-12(17)16-14(2,3)4/h5-7H,8H2,1-4H3,(H,16,17). The molecule has 0 unspecified atom stereocenters. The van der Waals surface area contributed by atoms with Crippen molar-refractivity contribution < 1.29 is 4.79 Å². The van der Waals surface area contributed by atoms with Gasteiger partial charge in [-0.2, -0.15) is 0 Å². The highest BCUT2D eigenvalue weighted by molar-refractivity contribution is 7.15. The van der Waals surface area contributed by atoms with Gasteiger partial charge in [-0.25, -0.2) is 4.98 Å². The average Bonchev–Trinajstić information content (AvgIpc) is 2.83. The van der Waals surface area contributed by atoms with E-state index in [1.165, 1.54) is 0 Å². The second-order valence-corrected chi connectivity index (χ2v) is 7.69. The van der Waals surface area contributed by atoms with Crippen LogP contribution in [0, 0.1) is 6.92 Å². The van der Waals surface area contributed by atoms with Crippen LogP contribution in [0.5, 0.6) is 0 Å². The summed E-state index contributed by atoms with van der Waals surface area (Å²) in [4.78, 5) is 18.8. The van der Waals surface area contributed by atoms with Crippen molar-refractivity contribution in [3.8, 4) is 10.6 Å². The van der Waals surface area contributed by atoms with Crippen molar-refractivity contribution in [2.24, 2.45) is 0 Å². The van der Waals surface area contributed by atoms with Gasteiger partial charge in [0.05, 0.1) is 22.0 Å². The zero-order valence-electron chi connectivity index (χ0n) is 11.6. The third-order valence-electron chi connectivity index (χ3n) is 2.39. The molecule has 2 heterocycles. The molecule has 0 bridgehead atoms. The molecule has 0 aliphatic rings. The van der Waals surface area contributed by atoms with Crippen molar-refractivity contribution in [3.63, 3.8) is 0 Å². The molecule has 0 spiro atoms. The van der Waals surface area contributed by atoms with E-state index >= 15 is 0 Å². The maximum Gasteiger partial charge on any atom is 0.225 e. The van der Waals surface area contributed by atoms with E-state index in [1.807, 2.05) is 45.2 Å². The number of nitrogens with zero attached hydrogens (tertiary/aromatic N) is 1. The summed E-state index contributed by atoms with van der Waals surface area (Å²) in [6, 6.07) is 4.05. The smallest absolute Gasteiger partial charge is 0.225 e. The topological polar surface area (TPSA) is 42.0 Å². The molecule has 0 saturated heterocycles. The summed E-state index contributed by atoms with van der Waals surface area (Å²) in [5.41, 5.74) is 0.765. The summed E-state index contributed by atoms with van der Waals surface area (Å²) in [7, 11) is 0. The first-order chi connectivity index (χ1) is 8.85. The van der Waals surface area contributed by atoms with Crippen molar-refractivity contribution in [1.29, 1.82) is 0 Å². The van der Waals surface area contributed by atoms with Crippen molar-refractivity contribution in [2.45, 2.75) is 39.7 Å². The molecule has 0 radical (unpaired) electrons. The minimum absolute atomic E-state index is 0.0500. The molecule has 5 heteroatoms. The molecule has 0 atom stereocenters. The highest BCUT2D eigenvalue weighted by Crippen LogP contribution is 2.31. The number of hydrogen-bond acceptors (Lipinski definition) is 4. The van der Waals surface area contributed by atoms with Gasteiger partial charge in [0.2, 0.25) is 5.91 Å². The SMILES string of the molecule is Cc1nc(-c2cccs2)c(CC(=O)NC(C)(C)C)s1. The average molecular weight is 294 g/mol. The van der Waals surface area contributed by atoms with Gasteiger partial charge in [0.1, 0.15) is 0 Å². The Bertz CT molecular complexity index is 565. The molecule has 0 aliphatic carbocycles. The van der Waals surface area contributed by atoms with Gasteiger partial charge in [-0.1, -0.05) is 6.07 Å². The number of aromatic nitrogens is 1. The molecular weight excluding hydrogens is 276 g/mol. The van der Waals surface area contributed by atoms with E-state index in [9.17, 15) is 4.79 Å². The summed E-state index contributed by atoms with van der Waals surface area (Å²) in [6.07, 6.45) is 0.399. The largest absolute Gasteiger partial charge is 0.351 e. The third-order valence-corrected chi connectivity index (χ3v) is 4.24. The molecule has 0 aliphatic heterocycles. The molecule has 0 saturated carbocycles. The Kier molecular flexibility index (Phi) is 4.06. The number of hydrogen-bond donors (Lipinski definition) is 1. The molecular formula is C14H18N2OS2. The van der Waals surface area contributed by atoms with Crippen molar-refractivity contribution >= 4 is 28.6 Å². The molecule has 1 N–H and O–H groups in total. The van der Waals surface area contributed by atoms with Crippen LogP contribution in [0.4, 0.5) is 0 Å². The van der Waals surface area contributed by atoms with E-state index in [2.05, 4.69) is 10.3 Å². The second-order valence-electron chi connectivity index (χ2n) is 5.46. The lowest BCUT2D eigenvalue weighted by Gasteiger charge is -2.20. The lowest BCUT2D eigenvalue weighted by Crippen LogP contribution is -2.41. The summed E-state index contributed by atoms with van der Waals surface area (Å²) >= 11 is 3.26. The molecule has 2 aromatic heterocycles. The van der Waals surface area contributed by atoms with Crippen molar-refractivity contribution in [1.82, 2.24) is 10.3 Å². The fourth-order valence-corrected chi connectivity index (χ4v) is 3.56. The highest BCUT2D eigenvalue weighted by Gasteiger charge is 2.18. The maximum absolute atomic E-state index is 12.0. The van der Waals surface area contributed by atoms with Crippen LogP contribution in [0.15, 0.2) is 17.5 Å². The molecule has 1 amide bonds. The number of amides is 1. The number of nitrogens with one attached hydrogen (secondary N) is 1. The van der Waals surface area contributed by atoms with E-state index in [0.29, 0.717) is 6.42 Å². The van der Waals surface area contributed by atoms with Gasteiger partial charge in [0, 0.05) is 10.4 Å². The maximum atomic E-state index is 12.0. The van der Waals surface area contributed by atoms with Crippen LogP contribution in [-0.4, -0.2) is 16.4 Å². The predicted molar refractivity (Wildman–Crippen MR) is 81.8 cm³/mol. The van der Waals surface area contributed by atoms with Crippen molar-refractivity contribution in [2.75, 3.05) is 0 Å². The summed E-state index contributed by atoms with van der Waals surface area (Å²) in [6.45, 7) is 7.95. The summed E-state index contributed by atoms with van der Waals surface area (Å²) in [5, 5.41) is 6.03. The lowest BCUT2D eigenvalue weighted by molar-refractivity contribution is -0.121. The van der Waals surface area contributed by atoms with Gasteiger partial charge in [-0.15, -0.1) is 22.7 Å². The zero-order valence-corrected chi connectivity index (χ0v) is 13.2. The third kappa shape index (κ3) is 3.88. The molecule has 2 rings (SSSR count). The van der Waals surface area contributed by atoms with Gasteiger partial charge >= 0.3 is 0 Å². The van der Waals surface area contributed by atoms with Crippen LogP contribution in [0.3, 0.4) is 0 Å². The monoisotopic (exact) mass is 294 g/mol. The number of carbonyl (C=O) groups is 1. The van der Waals surface area contributed by atoms with E-state index in [1.54, 1.807) is 22.7 Å². The number of carbonyl (C=O) groups excluding carboxylic acids is 1. The predicted octanol–water partition coefficient (Wildman–Crippen LogP) is 3.64. The van der Waals surface area contributed by atoms with Gasteiger partial charge in [0.15, 0.2) is 0 Å². The zero-order chi connectivity index (χ0) is 14.0. The van der Waals surface area contributed by atoms with Crippen molar-refractivity contribution in [3.05, 3.63) is 27.4 Å². The van der Waals surface area contributed by atoms with E-state index < -0.39 is 0 Å².